The molecule has 0 radical (unpaired) electrons. The van der Waals surface area contributed by atoms with Gasteiger partial charge < -0.3 is 0 Å². The van der Waals surface area contributed by atoms with Gasteiger partial charge in [-0.2, -0.15) is 8.42 Å². The van der Waals surface area contributed by atoms with Crippen LogP contribution in [0, 0.1) is 0 Å². The smallest absolute Gasteiger partial charge is 0.189 e. The maximum Gasteiger partial charge on any atom is 0.332 e. The normalized spacial score (nSPS) is 10.5. The first-order chi connectivity index (χ1) is 6.04. The maximum absolute atomic E-state index is 12.4. The third-order valence-electron chi connectivity index (χ3n) is 1.26. The predicted molar refractivity (Wildman–Crippen MR) is 43.5 cm³/mol. The highest BCUT2D eigenvalue weighted by molar-refractivity contribution is 7.86. The lowest BCUT2D eigenvalue weighted by atomic mass is 10.3. The molecule has 7 heteroatoms. The summed E-state index contributed by atoms with van der Waals surface area (Å²) in [7, 11) is -4.73. The first-order valence-electron chi connectivity index (χ1n) is 3.14. The van der Waals surface area contributed by atoms with E-state index in [0.717, 1.165) is 12.1 Å². The number of benzene rings is 1. The first kappa shape index (κ1) is 9.50. The van der Waals surface area contributed by atoms with Gasteiger partial charge in [0.25, 0.3) is 0 Å². The van der Waals surface area contributed by atoms with Gasteiger partial charge in [0.2, 0.25) is 0 Å². The highest BCUT2D eigenvalue weighted by Gasteiger charge is 2.10. The largest absolute Gasteiger partial charge is 0.332 e. The molecule has 13 heavy (non-hydrogen) atoms. The van der Waals surface area contributed by atoms with Crippen molar-refractivity contribution in [2.45, 2.75) is 4.90 Å². The first-order valence-corrected chi connectivity index (χ1v) is 4.52. The van der Waals surface area contributed by atoms with E-state index in [1.807, 2.05) is 0 Å². The van der Waals surface area contributed by atoms with Crippen LogP contribution in [0.3, 0.4) is 0 Å². The van der Waals surface area contributed by atoms with E-state index in [1.54, 1.807) is 0 Å². The Morgan fingerprint density at radius 3 is 2.69 bits per heavy atom. The highest BCUT2D eigenvalue weighted by Crippen LogP contribution is 2.19. The molecule has 5 nitrogen and oxygen atoms in total. The van der Waals surface area contributed by atoms with Gasteiger partial charge in [0.15, 0.2) is 0 Å². The second kappa shape index (κ2) is 3.42. The van der Waals surface area contributed by atoms with Crippen LogP contribution in [0.4, 0.5) is 9.57 Å². The van der Waals surface area contributed by atoms with E-state index in [2.05, 4.69) is 10.0 Å². The quantitative estimate of drug-likeness (QED) is 0.318. The average molecular weight is 201 g/mol. The zero-order valence-corrected chi connectivity index (χ0v) is 7.07. The number of nitrogens with zero attached hydrogens (tertiary/aromatic N) is 3. The van der Waals surface area contributed by atoms with Crippen molar-refractivity contribution >= 4 is 15.9 Å². The Balaban J connectivity index is 3.28. The van der Waals surface area contributed by atoms with Gasteiger partial charge in [0, 0.05) is 10.6 Å². The summed E-state index contributed by atoms with van der Waals surface area (Å²) >= 11 is 0. The predicted octanol–water partition coefficient (Wildman–Crippen LogP) is 2.29. The van der Waals surface area contributed by atoms with Gasteiger partial charge in [0.1, 0.15) is 0 Å². The van der Waals surface area contributed by atoms with Gasteiger partial charge in [-0.05, 0) is 17.7 Å². The standard InChI is InChI=1S/C6H4FN3O2S/c7-13(11,12)6-3-1-2-5(4-6)9-10-8/h1-4H. The van der Waals surface area contributed by atoms with Gasteiger partial charge in [-0.15, -0.1) is 3.89 Å². The van der Waals surface area contributed by atoms with Gasteiger partial charge >= 0.3 is 10.2 Å². The molecule has 1 rings (SSSR count). The third kappa shape index (κ3) is 2.43. The average Bonchev–Trinajstić information content (AvgIpc) is 2.04. The fourth-order valence-corrected chi connectivity index (χ4v) is 1.25. The number of azide groups is 1. The van der Waals surface area contributed by atoms with Crippen molar-refractivity contribution in [2.24, 2.45) is 5.11 Å². The molecule has 0 aliphatic rings. The van der Waals surface area contributed by atoms with Gasteiger partial charge in [-0.3, -0.25) is 0 Å². The SMILES string of the molecule is [N-]=[N+]=Nc1cccc(S(=O)(=O)F)c1. The zero-order chi connectivity index (χ0) is 9.90. The molecule has 0 aliphatic heterocycles. The minimum Gasteiger partial charge on any atom is -0.189 e. The van der Waals surface area contributed by atoms with E-state index >= 15 is 0 Å². The van der Waals surface area contributed by atoms with E-state index in [1.165, 1.54) is 12.1 Å². The Morgan fingerprint density at radius 2 is 2.15 bits per heavy atom. The van der Waals surface area contributed by atoms with Crippen molar-refractivity contribution < 1.29 is 12.3 Å². The zero-order valence-electron chi connectivity index (χ0n) is 6.25. The van der Waals surface area contributed by atoms with Crippen molar-refractivity contribution in [3.05, 3.63) is 34.7 Å². The molecule has 0 aliphatic carbocycles. The Kier molecular flexibility index (Phi) is 2.50. The molecule has 0 aromatic heterocycles. The Morgan fingerprint density at radius 1 is 1.46 bits per heavy atom. The number of halogens is 1. The van der Waals surface area contributed by atoms with E-state index in [4.69, 9.17) is 5.53 Å². The van der Waals surface area contributed by atoms with E-state index < -0.39 is 15.1 Å². The Labute approximate surface area is 73.7 Å². The van der Waals surface area contributed by atoms with Crippen LogP contribution < -0.4 is 0 Å². The second-order valence-electron chi connectivity index (χ2n) is 2.12. The van der Waals surface area contributed by atoms with Gasteiger partial charge in [0.05, 0.1) is 4.90 Å². The molecule has 0 saturated carbocycles. The summed E-state index contributed by atoms with van der Waals surface area (Å²) in [4.78, 5) is 1.92. The summed E-state index contributed by atoms with van der Waals surface area (Å²) in [5.41, 5.74) is 8.09. The Bertz CT molecular complexity index is 465. The molecule has 68 valence electrons. The van der Waals surface area contributed by atoms with E-state index in [0.29, 0.717) is 0 Å². The summed E-state index contributed by atoms with van der Waals surface area (Å²) in [6, 6.07) is 4.69. The van der Waals surface area contributed by atoms with Crippen LogP contribution in [0.1, 0.15) is 0 Å². The number of rotatable bonds is 2. The lowest BCUT2D eigenvalue weighted by Gasteiger charge is -1.94. The van der Waals surface area contributed by atoms with Crippen LogP contribution >= 0.6 is 0 Å². The van der Waals surface area contributed by atoms with Crippen molar-refractivity contribution in [1.29, 1.82) is 0 Å². The van der Waals surface area contributed by atoms with E-state index in [-0.39, 0.29) is 5.69 Å². The van der Waals surface area contributed by atoms with Crippen LogP contribution in [0.5, 0.6) is 0 Å². The lowest BCUT2D eigenvalue weighted by Crippen LogP contribution is -1.90. The molecule has 1 aromatic rings. The molecule has 0 fully saturated rings. The highest BCUT2D eigenvalue weighted by atomic mass is 32.3. The molecule has 0 amide bonds. The fourth-order valence-electron chi connectivity index (χ4n) is 0.749. The number of hydrogen-bond acceptors (Lipinski definition) is 3. The van der Waals surface area contributed by atoms with Crippen molar-refractivity contribution in [3.8, 4) is 0 Å². The molecular weight excluding hydrogens is 197 g/mol. The molecule has 0 unspecified atom stereocenters. The molecule has 1 aromatic carbocycles. The van der Waals surface area contributed by atoms with Crippen molar-refractivity contribution in [2.75, 3.05) is 0 Å². The summed E-state index contributed by atoms with van der Waals surface area (Å²) in [5.74, 6) is 0. The van der Waals surface area contributed by atoms with Crippen LogP contribution in [0.15, 0.2) is 34.3 Å². The maximum atomic E-state index is 12.4. The van der Waals surface area contributed by atoms with Crippen molar-refractivity contribution in [3.63, 3.8) is 0 Å². The van der Waals surface area contributed by atoms with Crippen molar-refractivity contribution in [1.82, 2.24) is 0 Å². The van der Waals surface area contributed by atoms with Crippen LogP contribution in [0.2, 0.25) is 0 Å². The third-order valence-corrected chi connectivity index (χ3v) is 2.08. The number of hydrogen-bond donors (Lipinski definition) is 0. The Hall–Kier alpha value is -1.59. The van der Waals surface area contributed by atoms with Crippen LogP contribution in [0.25, 0.3) is 10.4 Å². The minimum atomic E-state index is -4.73. The molecule has 0 atom stereocenters. The molecule has 0 spiro atoms. The van der Waals surface area contributed by atoms with Gasteiger partial charge in [-0.1, -0.05) is 17.2 Å². The molecule has 0 N–H and O–H groups in total. The molecule has 0 bridgehead atoms. The van der Waals surface area contributed by atoms with Gasteiger partial charge in [-0.25, -0.2) is 0 Å². The summed E-state index contributed by atoms with van der Waals surface area (Å²) in [6.07, 6.45) is 0. The monoisotopic (exact) mass is 201 g/mol. The second-order valence-corrected chi connectivity index (χ2v) is 3.47. The minimum absolute atomic E-state index is 0.0567. The molecule has 0 heterocycles. The van der Waals surface area contributed by atoms with Crippen LogP contribution in [-0.4, -0.2) is 8.42 Å². The topological polar surface area (TPSA) is 82.9 Å². The summed E-state index contributed by atoms with van der Waals surface area (Å²) in [5, 5.41) is 3.13. The summed E-state index contributed by atoms with van der Waals surface area (Å²) < 4.78 is 33.2. The lowest BCUT2D eigenvalue weighted by molar-refractivity contribution is 0.552. The molecule has 0 saturated heterocycles. The van der Waals surface area contributed by atoms with E-state index in [9.17, 15) is 12.3 Å². The molecular formula is C6H4FN3O2S. The fraction of sp³-hybridized carbons (Fsp3) is 0. The van der Waals surface area contributed by atoms with Crippen LogP contribution in [-0.2, 0) is 10.2 Å². The summed E-state index contributed by atoms with van der Waals surface area (Å²) in [6.45, 7) is 0.